The van der Waals surface area contributed by atoms with Gasteiger partial charge in [0.2, 0.25) is 0 Å². The molecule has 1 aliphatic rings. The van der Waals surface area contributed by atoms with Crippen molar-refractivity contribution in [1.82, 2.24) is 4.98 Å². The maximum absolute atomic E-state index is 13.0. The van der Waals surface area contributed by atoms with Crippen LogP contribution < -0.4 is 10.2 Å². The minimum absolute atomic E-state index is 0.271. The van der Waals surface area contributed by atoms with Crippen LogP contribution in [0.3, 0.4) is 0 Å². The summed E-state index contributed by atoms with van der Waals surface area (Å²) in [6.45, 7) is -0.452. The largest absolute Gasteiger partial charge is 0.439 e. The van der Waals surface area contributed by atoms with Gasteiger partial charge in [0.15, 0.2) is 6.61 Å². The van der Waals surface area contributed by atoms with Crippen LogP contribution in [0.1, 0.15) is 24.0 Å². The second kappa shape index (κ2) is 9.09. The van der Waals surface area contributed by atoms with Crippen LogP contribution in [0.5, 0.6) is 0 Å². The summed E-state index contributed by atoms with van der Waals surface area (Å²) in [6, 6.07) is 4.22. The van der Waals surface area contributed by atoms with Crippen LogP contribution in [0.25, 0.3) is 0 Å². The quantitative estimate of drug-likeness (QED) is 0.670. The molecule has 2 amide bonds. The molecule has 30 heavy (non-hydrogen) atoms. The lowest BCUT2D eigenvalue weighted by Gasteiger charge is -2.23. The molecule has 0 radical (unpaired) electrons. The normalized spacial score (nSPS) is 14.0. The molecular formula is C19H16Cl2F3N3O3. The first-order chi connectivity index (χ1) is 14.2. The van der Waals surface area contributed by atoms with E-state index in [1.807, 2.05) is 0 Å². The van der Waals surface area contributed by atoms with Gasteiger partial charge in [0.05, 0.1) is 22.0 Å². The Balaban J connectivity index is 1.69. The van der Waals surface area contributed by atoms with Crippen LogP contribution in [-0.2, 0) is 22.1 Å². The summed E-state index contributed by atoms with van der Waals surface area (Å²) in [7, 11) is 0. The number of benzene rings is 1. The van der Waals surface area contributed by atoms with Gasteiger partial charge < -0.3 is 10.1 Å². The molecule has 1 aromatic heterocycles. The third-order valence-electron chi connectivity index (χ3n) is 4.40. The molecule has 0 atom stereocenters. The smallest absolute Gasteiger partial charge is 0.419 e. The highest BCUT2D eigenvalue weighted by Crippen LogP contribution is 2.37. The fraction of sp³-hybridized carbons (Fsp3) is 0.316. The van der Waals surface area contributed by atoms with Gasteiger partial charge in [-0.3, -0.25) is 14.7 Å². The van der Waals surface area contributed by atoms with Gasteiger partial charge in [-0.1, -0.05) is 23.2 Å². The summed E-state index contributed by atoms with van der Waals surface area (Å²) in [5.41, 5.74) is -0.346. The van der Waals surface area contributed by atoms with Crippen molar-refractivity contribution in [3.63, 3.8) is 0 Å². The van der Waals surface area contributed by atoms with Gasteiger partial charge in [-0.25, -0.2) is 4.79 Å². The Labute approximate surface area is 179 Å². The number of carbonyl (C=O) groups is 2. The molecule has 0 aliphatic carbocycles. The fourth-order valence-electron chi connectivity index (χ4n) is 3.11. The third kappa shape index (κ3) is 5.14. The number of nitrogens with zero attached hydrogens (tertiary/aromatic N) is 2. The Bertz CT molecular complexity index is 970. The van der Waals surface area contributed by atoms with Gasteiger partial charge in [0.1, 0.15) is 0 Å². The highest BCUT2D eigenvalue weighted by atomic mass is 35.5. The zero-order chi connectivity index (χ0) is 21.9. The van der Waals surface area contributed by atoms with E-state index in [0.717, 1.165) is 24.2 Å². The number of rotatable bonds is 3. The predicted octanol–water partition coefficient (Wildman–Crippen LogP) is 5.33. The molecule has 0 saturated heterocycles. The molecule has 0 saturated carbocycles. The zero-order valence-corrected chi connectivity index (χ0v) is 16.9. The summed E-state index contributed by atoms with van der Waals surface area (Å²) in [5.74, 6) is -0.919. The zero-order valence-electron chi connectivity index (χ0n) is 15.4. The lowest BCUT2D eigenvalue weighted by atomic mass is 10.1. The average molecular weight is 462 g/mol. The number of hydrogen-bond donors (Lipinski definition) is 1. The number of ether oxygens (including phenoxy) is 1. The topological polar surface area (TPSA) is 71.5 Å². The molecule has 2 heterocycles. The molecule has 1 aromatic carbocycles. The van der Waals surface area contributed by atoms with Gasteiger partial charge >= 0.3 is 12.3 Å². The van der Waals surface area contributed by atoms with E-state index >= 15 is 0 Å². The molecule has 0 fully saturated rings. The van der Waals surface area contributed by atoms with Crippen molar-refractivity contribution in [2.45, 2.75) is 25.4 Å². The molecule has 0 unspecified atom stereocenters. The minimum atomic E-state index is -4.69. The van der Waals surface area contributed by atoms with E-state index in [2.05, 4.69) is 10.3 Å². The lowest BCUT2D eigenvalue weighted by Crippen LogP contribution is -2.34. The van der Waals surface area contributed by atoms with E-state index in [1.165, 1.54) is 11.0 Å². The molecule has 3 rings (SSSR count). The van der Waals surface area contributed by atoms with Gasteiger partial charge in [-0.15, -0.1) is 0 Å². The summed E-state index contributed by atoms with van der Waals surface area (Å²) in [5, 5.41) is 2.79. The highest BCUT2D eigenvalue weighted by molar-refractivity contribution is 6.37. The molecular weight excluding hydrogens is 446 g/mol. The van der Waals surface area contributed by atoms with Crippen LogP contribution in [-0.4, -0.2) is 30.1 Å². The molecule has 160 valence electrons. The molecule has 1 N–H and O–H groups in total. The van der Waals surface area contributed by atoms with E-state index in [4.69, 9.17) is 27.9 Å². The summed E-state index contributed by atoms with van der Waals surface area (Å²) in [6.07, 6.45) is -1.67. The Morgan fingerprint density at radius 2 is 2.00 bits per heavy atom. The van der Waals surface area contributed by atoms with Crippen LogP contribution >= 0.6 is 23.2 Å². The van der Waals surface area contributed by atoms with Crippen molar-refractivity contribution >= 4 is 46.6 Å². The second-order valence-corrected chi connectivity index (χ2v) is 7.37. The Morgan fingerprint density at radius 3 is 2.73 bits per heavy atom. The SMILES string of the molecule is O=C(COC(=O)N1CCCCc2cc(Cl)cc(Cl)c21)Nc1ccncc1C(F)(F)F. The Morgan fingerprint density at radius 1 is 1.23 bits per heavy atom. The maximum atomic E-state index is 13.0. The first-order valence-electron chi connectivity index (χ1n) is 8.90. The predicted molar refractivity (Wildman–Crippen MR) is 106 cm³/mol. The number of halogens is 5. The third-order valence-corrected chi connectivity index (χ3v) is 4.91. The van der Waals surface area contributed by atoms with Crippen molar-refractivity contribution in [1.29, 1.82) is 0 Å². The number of anilines is 2. The highest BCUT2D eigenvalue weighted by Gasteiger charge is 2.34. The first-order valence-corrected chi connectivity index (χ1v) is 9.65. The number of carbonyl (C=O) groups excluding carboxylic acids is 2. The van der Waals surface area contributed by atoms with Crippen molar-refractivity contribution in [2.75, 3.05) is 23.4 Å². The molecule has 11 heteroatoms. The number of amides is 2. The monoisotopic (exact) mass is 461 g/mol. The van der Waals surface area contributed by atoms with Gasteiger partial charge in [-0.2, -0.15) is 13.2 Å². The number of fused-ring (bicyclic) bond motifs is 1. The van der Waals surface area contributed by atoms with Crippen LogP contribution in [0, 0.1) is 0 Å². The Kier molecular flexibility index (Phi) is 6.72. The summed E-state index contributed by atoms with van der Waals surface area (Å²) in [4.78, 5) is 29.4. The number of aromatic nitrogens is 1. The summed E-state index contributed by atoms with van der Waals surface area (Å²) < 4.78 is 44.0. The molecule has 1 aliphatic heterocycles. The van der Waals surface area contributed by atoms with E-state index in [9.17, 15) is 22.8 Å². The fourth-order valence-corrected chi connectivity index (χ4v) is 3.75. The van der Waals surface area contributed by atoms with Gasteiger partial charge in [0.25, 0.3) is 5.91 Å². The molecule has 0 spiro atoms. The molecule has 0 bridgehead atoms. The standard InChI is InChI=1S/C19H16Cl2F3N3O3/c20-12-7-11-3-1-2-6-27(17(11)14(21)8-12)18(29)30-10-16(28)26-15-4-5-25-9-13(15)19(22,23)24/h4-5,7-9H,1-3,6,10H2,(H,25,26,28). The summed E-state index contributed by atoms with van der Waals surface area (Å²) >= 11 is 12.3. The van der Waals surface area contributed by atoms with E-state index < -0.39 is 36.0 Å². The number of pyridine rings is 1. The van der Waals surface area contributed by atoms with E-state index in [-0.39, 0.29) is 5.02 Å². The maximum Gasteiger partial charge on any atom is 0.419 e. The molecule has 6 nitrogen and oxygen atoms in total. The first kappa shape index (κ1) is 22.2. The lowest BCUT2D eigenvalue weighted by molar-refractivity contribution is -0.137. The number of alkyl halides is 3. The van der Waals surface area contributed by atoms with Crippen molar-refractivity contribution in [2.24, 2.45) is 0 Å². The van der Waals surface area contributed by atoms with E-state index in [0.29, 0.717) is 36.3 Å². The average Bonchev–Trinajstić information content (AvgIpc) is 2.88. The van der Waals surface area contributed by atoms with E-state index in [1.54, 1.807) is 6.07 Å². The number of nitrogens with one attached hydrogen (secondary N) is 1. The van der Waals surface area contributed by atoms with Crippen LogP contribution in [0.2, 0.25) is 10.0 Å². The number of hydrogen-bond acceptors (Lipinski definition) is 4. The minimum Gasteiger partial charge on any atom is -0.439 e. The van der Waals surface area contributed by atoms with Crippen LogP contribution in [0.4, 0.5) is 29.3 Å². The molecule has 2 aromatic rings. The second-order valence-electron chi connectivity index (χ2n) is 6.53. The Hall–Kier alpha value is -2.52. The van der Waals surface area contributed by atoms with Gasteiger partial charge in [-0.05, 0) is 43.0 Å². The van der Waals surface area contributed by atoms with Crippen molar-refractivity contribution in [3.05, 3.63) is 51.8 Å². The van der Waals surface area contributed by atoms with Crippen LogP contribution in [0.15, 0.2) is 30.6 Å². The van der Waals surface area contributed by atoms with Crippen molar-refractivity contribution in [3.8, 4) is 0 Å². The number of aryl methyl sites for hydroxylation is 1. The van der Waals surface area contributed by atoms with Crippen molar-refractivity contribution < 1.29 is 27.5 Å². The van der Waals surface area contributed by atoms with Gasteiger partial charge in [0, 0.05) is 24.0 Å².